The third kappa shape index (κ3) is 3.58. The van der Waals surface area contributed by atoms with Crippen molar-refractivity contribution in [2.75, 3.05) is 12.4 Å². The quantitative estimate of drug-likeness (QED) is 0.637. The maximum Gasteiger partial charge on any atom is 0.291 e. The van der Waals surface area contributed by atoms with Crippen LogP contribution in [0.25, 0.3) is 0 Å². The fourth-order valence-electron chi connectivity index (χ4n) is 3.09. The zero-order valence-electron chi connectivity index (χ0n) is 16.0. The Labute approximate surface area is 171 Å². The number of hydrogen-bond donors (Lipinski definition) is 2. The van der Waals surface area contributed by atoms with E-state index in [9.17, 15) is 19.2 Å². The highest BCUT2D eigenvalue weighted by molar-refractivity contribution is 6.21. The van der Waals surface area contributed by atoms with Crippen LogP contribution in [0.3, 0.4) is 0 Å². The number of furan rings is 1. The zero-order chi connectivity index (χ0) is 21.3. The minimum absolute atomic E-state index is 0.215. The largest absolute Gasteiger partial charge is 0.459 e. The molecule has 30 heavy (non-hydrogen) atoms. The molecular formula is C22H17N3O5. The second-order valence-corrected chi connectivity index (χ2v) is 6.74. The maximum atomic E-state index is 12.4. The van der Waals surface area contributed by atoms with Gasteiger partial charge in [-0.05, 0) is 48.0 Å². The van der Waals surface area contributed by atoms with Crippen molar-refractivity contribution in [1.29, 1.82) is 0 Å². The summed E-state index contributed by atoms with van der Waals surface area (Å²) >= 11 is 0. The summed E-state index contributed by atoms with van der Waals surface area (Å²) in [6.07, 6.45) is 1.42. The van der Waals surface area contributed by atoms with Gasteiger partial charge in [0.15, 0.2) is 5.76 Å². The van der Waals surface area contributed by atoms with Crippen LogP contribution < -0.4 is 10.6 Å². The van der Waals surface area contributed by atoms with E-state index in [2.05, 4.69) is 10.6 Å². The highest BCUT2D eigenvalue weighted by Crippen LogP contribution is 2.22. The van der Waals surface area contributed by atoms with Crippen molar-refractivity contribution in [3.63, 3.8) is 0 Å². The predicted molar refractivity (Wildman–Crippen MR) is 107 cm³/mol. The lowest BCUT2D eigenvalue weighted by molar-refractivity contribution is 0.0692. The molecule has 0 fully saturated rings. The van der Waals surface area contributed by atoms with E-state index in [4.69, 9.17) is 4.42 Å². The number of nitrogens with zero attached hydrogens (tertiary/aromatic N) is 1. The molecule has 2 aromatic carbocycles. The van der Waals surface area contributed by atoms with Gasteiger partial charge in [-0.25, -0.2) is 0 Å². The maximum absolute atomic E-state index is 12.4. The molecule has 0 saturated heterocycles. The number of benzene rings is 2. The zero-order valence-corrected chi connectivity index (χ0v) is 16.0. The Morgan fingerprint density at radius 2 is 1.67 bits per heavy atom. The van der Waals surface area contributed by atoms with Crippen molar-refractivity contribution < 1.29 is 23.6 Å². The summed E-state index contributed by atoms with van der Waals surface area (Å²) in [5.41, 5.74) is 2.24. The van der Waals surface area contributed by atoms with E-state index >= 15 is 0 Å². The standard InChI is InChI=1S/C22H17N3O5/c1-25-21(28)16-9-6-14(11-17(16)22(25)29)19(26)23-12-13-4-7-15(8-5-13)24-20(27)18-3-2-10-30-18/h2-11H,12H2,1H3,(H,23,26)(H,24,27). The van der Waals surface area contributed by atoms with Crippen molar-refractivity contribution in [2.24, 2.45) is 0 Å². The average Bonchev–Trinajstić information content (AvgIpc) is 3.37. The molecule has 1 aliphatic heterocycles. The number of fused-ring (bicyclic) bond motifs is 1. The van der Waals surface area contributed by atoms with Gasteiger partial charge in [-0.2, -0.15) is 0 Å². The van der Waals surface area contributed by atoms with Crippen molar-refractivity contribution >= 4 is 29.3 Å². The Hall–Kier alpha value is -4.20. The number of imide groups is 1. The SMILES string of the molecule is CN1C(=O)c2ccc(C(=O)NCc3ccc(NC(=O)c4ccco4)cc3)cc2C1=O. The molecule has 0 spiro atoms. The van der Waals surface area contributed by atoms with Crippen LogP contribution in [0.5, 0.6) is 0 Å². The third-order valence-electron chi connectivity index (χ3n) is 4.76. The lowest BCUT2D eigenvalue weighted by Gasteiger charge is -2.08. The fraction of sp³-hybridized carbons (Fsp3) is 0.0909. The van der Waals surface area contributed by atoms with Crippen LogP contribution in [-0.4, -0.2) is 35.6 Å². The Morgan fingerprint density at radius 3 is 2.37 bits per heavy atom. The van der Waals surface area contributed by atoms with Crippen LogP contribution in [0.4, 0.5) is 5.69 Å². The van der Waals surface area contributed by atoms with Crippen LogP contribution in [0.2, 0.25) is 0 Å². The lowest BCUT2D eigenvalue weighted by Crippen LogP contribution is -2.24. The molecule has 2 heterocycles. The fourth-order valence-corrected chi connectivity index (χ4v) is 3.09. The van der Waals surface area contributed by atoms with Crippen LogP contribution in [-0.2, 0) is 6.54 Å². The van der Waals surface area contributed by atoms with E-state index in [-0.39, 0.29) is 35.6 Å². The summed E-state index contributed by atoms with van der Waals surface area (Å²) in [6, 6.07) is 14.6. The molecule has 1 aromatic heterocycles. The molecule has 2 N–H and O–H groups in total. The van der Waals surface area contributed by atoms with Gasteiger partial charge in [0.1, 0.15) is 0 Å². The van der Waals surface area contributed by atoms with Crippen molar-refractivity contribution in [1.82, 2.24) is 10.2 Å². The van der Waals surface area contributed by atoms with Gasteiger partial charge in [-0.1, -0.05) is 12.1 Å². The molecule has 150 valence electrons. The normalized spacial score (nSPS) is 12.6. The number of carbonyl (C=O) groups excluding carboxylic acids is 4. The van der Waals surface area contributed by atoms with Crippen LogP contribution >= 0.6 is 0 Å². The second-order valence-electron chi connectivity index (χ2n) is 6.74. The first kappa shape index (κ1) is 19.1. The van der Waals surface area contributed by atoms with Crippen molar-refractivity contribution in [3.8, 4) is 0 Å². The summed E-state index contributed by atoms with van der Waals surface area (Å²) in [4.78, 5) is 49.5. The molecular weight excluding hydrogens is 386 g/mol. The molecule has 3 aromatic rings. The van der Waals surface area contributed by atoms with E-state index in [1.165, 1.54) is 31.5 Å². The Kier molecular flexibility index (Phi) is 4.89. The summed E-state index contributed by atoms with van der Waals surface area (Å²) < 4.78 is 5.04. The summed E-state index contributed by atoms with van der Waals surface area (Å²) in [5, 5.41) is 5.49. The average molecular weight is 403 g/mol. The number of anilines is 1. The molecule has 0 saturated carbocycles. The first-order valence-electron chi connectivity index (χ1n) is 9.12. The Balaban J connectivity index is 1.37. The van der Waals surface area contributed by atoms with Gasteiger partial charge in [-0.15, -0.1) is 0 Å². The Bertz CT molecular complexity index is 1150. The summed E-state index contributed by atoms with van der Waals surface area (Å²) in [5.74, 6) is -1.29. The molecule has 8 heteroatoms. The molecule has 1 aliphatic rings. The summed E-state index contributed by atoms with van der Waals surface area (Å²) in [7, 11) is 1.41. The highest BCUT2D eigenvalue weighted by atomic mass is 16.3. The monoisotopic (exact) mass is 403 g/mol. The van der Waals surface area contributed by atoms with E-state index < -0.39 is 5.91 Å². The van der Waals surface area contributed by atoms with Crippen LogP contribution in [0, 0.1) is 0 Å². The molecule has 0 unspecified atom stereocenters. The van der Waals surface area contributed by atoms with Gasteiger partial charge in [0.05, 0.1) is 17.4 Å². The van der Waals surface area contributed by atoms with Gasteiger partial charge < -0.3 is 15.1 Å². The first-order chi connectivity index (χ1) is 14.4. The Morgan fingerprint density at radius 1 is 0.933 bits per heavy atom. The molecule has 4 amide bonds. The minimum atomic E-state index is -0.420. The van der Waals surface area contributed by atoms with Crippen LogP contribution in [0.1, 0.15) is 47.2 Å². The number of amides is 4. The topological polar surface area (TPSA) is 109 Å². The number of carbonyl (C=O) groups is 4. The number of hydrogen-bond acceptors (Lipinski definition) is 5. The van der Waals surface area contributed by atoms with Gasteiger partial charge in [-0.3, -0.25) is 24.1 Å². The highest BCUT2D eigenvalue weighted by Gasteiger charge is 2.33. The predicted octanol–water partition coefficient (Wildman–Crippen LogP) is 2.69. The molecule has 8 nitrogen and oxygen atoms in total. The van der Waals surface area contributed by atoms with Gasteiger partial charge >= 0.3 is 0 Å². The molecule has 0 aliphatic carbocycles. The van der Waals surface area contributed by atoms with Crippen molar-refractivity contribution in [2.45, 2.75) is 6.54 Å². The second kappa shape index (κ2) is 7.67. The summed E-state index contributed by atoms with van der Waals surface area (Å²) in [6.45, 7) is 0.259. The first-order valence-corrected chi connectivity index (χ1v) is 9.12. The van der Waals surface area contributed by atoms with E-state index in [0.717, 1.165) is 10.5 Å². The van der Waals surface area contributed by atoms with E-state index in [1.54, 1.807) is 36.4 Å². The molecule has 0 atom stereocenters. The van der Waals surface area contributed by atoms with Crippen molar-refractivity contribution in [3.05, 3.63) is 88.9 Å². The van der Waals surface area contributed by atoms with Crippen LogP contribution in [0.15, 0.2) is 65.3 Å². The number of nitrogens with one attached hydrogen (secondary N) is 2. The number of rotatable bonds is 5. The molecule has 4 rings (SSSR count). The van der Waals surface area contributed by atoms with Gasteiger partial charge in [0, 0.05) is 24.8 Å². The minimum Gasteiger partial charge on any atom is -0.459 e. The smallest absolute Gasteiger partial charge is 0.291 e. The van der Waals surface area contributed by atoms with E-state index in [0.29, 0.717) is 16.8 Å². The third-order valence-corrected chi connectivity index (χ3v) is 4.76. The van der Waals surface area contributed by atoms with E-state index in [1.807, 2.05) is 0 Å². The lowest BCUT2D eigenvalue weighted by atomic mass is 10.1. The molecule has 0 bridgehead atoms. The van der Waals surface area contributed by atoms with Gasteiger partial charge in [0.2, 0.25) is 0 Å². The molecule has 0 radical (unpaired) electrons. The van der Waals surface area contributed by atoms with Gasteiger partial charge in [0.25, 0.3) is 23.6 Å².